The molecule has 0 radical (unpaired) electrons. The highest BCUT2D eigenvalue weighted by Crippen LogP contribution is 2.37. The van der Waals surface area contributed by atoms with Gasteiger partial charge < -0.3 is 4.90 Å². The molecule has 0 bridgehead atoms. The van der Waals surface area contributed by atoms with Crippen molar-refractivity contribution in [3.05, 3.63) is 81.2 Å². The normalized spacial score (nSPS) is 16.2. The van der Waals surface area contributed by atoms with Crippen LogP contribution in [0, 0.1) is 6.92 Å². The Bertz CT molecular complexity index is 1140. The van der Waals surface area contributed by atoms with E-state index in [-0.39, 0.29) is 5.69 Å². The van der Waals surface area contributed by atoms with Gasteiger partial charge in [0.1, 0.15) is 0 Å². The summed E-state index contributed by atoms with van der Waals surface area (Å²) in [5.41, 5.74) is 1.56. The van der Waals surface area contributed by atoms with E-state index < -0.39 is 11.3 Å². The SMILES string of the molecule is Cc1cc(=O)c(C(=O)N2CCC(C)Sc3ccccc32)nn1-c1ccccc1Cl. The van der Waals surface area contributed by atoms with E-state index in [1.807, 2.05) is 36.4 Å². The Kier molecular flexibility index (Phi) is 5.48. The Labute approximate surface area is 178 Å². The van der Waals surface area contributed by atoms with Crippen molar-refractivity contribution >= 4 is 35.0 Å². The zero-order valence-electron chi connectivity index (χ0n) is 16.1. The maximum Gasteiger partial charge on any atom is 0.282 e. The van der Waals surface area contributed by atoms with Crippen LogP contribution in [-0.2, 0) is 0 Å². The van der Waals surface area contributed by atoms with Crippen molar-refractivity contribution in [2.24, 2.45) is 0 Å². The van der Waals surface area contributed by atoms with Gasteiger partial charge in [0.25, 0.3) is 5.91 Å². The average Bonchev–Trinajstić information content (AvgIpc) is 2.86. The van der Waals surface area contributed by atoms with Crippen molar-refractivity contribution < 1.29 is 4.79 Å². The number of halogens is 1. The Morgan fingerprint density at radius 3 is 2.59 bits per heavy atom. The Balaban J connectivity index is 1.81. The molecular formula is C22H20ClN3O2S. The molecule has 148 valence electrons. The fraction of sp³-hybridized carbons (Fsp3) is 0.227. The van der Waals surface area contributed by atoms with Crippen LogP contribution in [0.1, 0.15) is 29.5 Å². The summed E-state index contributed by atoms with van der Waals surface area (Å²) in [4.78, 5) is 28.8. The van der Waals surface area contributed by atoms with E-state index in [9.17, 15) is 9.59 Å². The molecule has 1 aromatic heterocycles. The van der Waals surface area contributed by atoms with Crippen LogP contribution in [0.4, 0.5) is 5.69 Å². The molecule has 1 amide bonds. The van der Waals surface area contributed by atoms with E-state index in [0.717, 1.165) is 17.0 Å². The van der Waals surface area contributed by atoms with Crippen LogP contribution in [0.2, 0.25) is 5.02 Å². The van der Waals surface area contributed by atoms with E-state index in [1.165, 1.54) is 6.07 Å². The number of nitrogens with zero attached hydrogens (tertiary/aromatic N) is 3. The van der Waals surface area contributed by atoms with Crippen molar-refractivity contribution in [3.8, 4) is 5.69 Å². The fourth-order valence-electron chi connectivity index (χ4n) is 3.39. The average molecular weight is 426 g/mol. The second-order valence-electron chi connectivity index (χ2n) is 7.00. The number of carbonyl (C=O) groups is 1. The molecule has 1 aliphatic rings. The predicted octanol–water partition coefficient (Wildman–Crippen LogP) is 4.73. The minimum absolute atomic E-state index is 0.107. The summed E-state index contributed by atoms with van der Waals surface area (Å²) in [5, 5.41) is 5.29. The number of fused-ring (bicyclic) bond motifs is 1. The fourth-order valence-corrected chi connectivity index (χ4v) is 4.72. The number of amides is 1. The quantitative estimate of drug-likeness (QED) is 0.595. The molecule has 0 N–H and O–H groups in total. The summed E-state index contributed by atoms with van der Waals surface area (Å²) in [5.74, 6) is -0.391. The monoisotopic (exact) mass is 425 g/mol. The molecule has 1 atom stereocenters. The second kappa shape index (κ2) is 8.05. The van der Waals surface area contributed by atoms with Gasteiger partial charge in [0, 0.05) is 28.5 Å². The van der Waals surface area contributed by atoms with Crippen molar-refractivity contribution in [3.63, 3.8) is 0 Å². The van der Waals surface area contributed by atoms with Crippen LogP contribution in [-0.4, -0.2) is 27.5 Å². The third kappa shape index (κ3) is 3.82. The van der Waals surface area contributed by atoms with Gasteiger partial charge >= 0.3 is 0 Å². The van der Waals surface area contributed by atoms with Crippen molar-refractivity contribution in [2.45, 2.75) is 30.4 Å². The molecule has 1 unspecified atom stereocenters. The molecule has 0 fully saturated rings. The summed E-state index contributed by atoms with van der Waals surface area (Å²) in [7, 11) is 0. The van der Waals surface area contributed by atoms with Gasteiger partial charge in [0.2, 0.25) is 5.43 Å². The Morgan fingerprint density at radius 1 is 1.14 bits per heavy atom. The van der Waals surface area contributed by atoms with E-state index in [2.05, 4.69) is 12.0 Å². The van der Waals surface area contributed by atoms with Crippen molar-refractivity contribution in [1.82, 2.24) is 9.78 Å². The molecule has 1 aliphatic heterocycles. The van der Waals surface area contributed by atoms with Gasteiger partial charge in [-0.15, -0.1) is 11.8 Å². The minimum Gasteiger partial charge on any atom is -0.306 e. The van der Waals surface area contributed by atoms with E-state index in [1.54, 1.807) is 40.4 Å². The zero-order chi connectivity index (χ0) is 20.5. The van der Waals surface area contributed by atoms with Crippen LogP contribution in [0.3, 0.4) is 0 Å². The molecule has 2 heterocycles. The number of thioether (sulfide) groups is 1. The molecule has 0 saturated heterocycles. The number of benzene rings is 2. The summed E-state index contributed by atoms with van der Waals surface area (Å²) in [6, 6.07) is 16.4. The molecule has 3 aromatic rings. The van der Waals surface area contributed by atoms with Crippen LogP contribution in [0.15, 0.2) is 64.3 Å². The van der Waals surface area contributed by atoms with Crippen LogP contribution in [0.25, 0.3) is 5.69 Å². The van der Waals surface area contributed by atoms with Gasteiger partial charge in [-0.25, -0.2) is 4.68 Å². The molecular weight excluding hydrogens is 406 g/mol. The first-order chi connectivity index (χ1) is 14.0. The molecule has 0 spiro atoms. The lowest BCUT2D eigenvalue weighted by atomic mass is 10.2. The lowest BCUT2D eigenvalue weighted by Crippen LogP contribution is -2.37. The van der Waals surface area contributed by atoms with Crippen molar-refractivity contribution in [1.29, 1.82) is 0 Å². The number of anilines is 1. The lowest BCUT2D eigenvalue weighted by molar-refractivity contribution is 0.0979. The predicted molar refractivity (Wildman–Crippen MR) is 118 cm³/mol. The largest absolute Gasteiger partial charge is 0.306 e. The van der Waals surface area contributed by atoms with E-state index in [0.29, 0.717) is 28.2 Å². The number of hydrogen-bond acceptors (Lipinski definition) is 4. The van der Waals surface area contributed by atoms with Gasteiger partial charge in [0.05, 0.1) is 16.4 Å². The maximum atomic E-state index is 13.4. The highest BCUT2D eigenvalue weighted by Gasteiger charge is 2.28. The van der Waals surface area contributed by atoms with Crippen LogP contribution in [0.5, 0.6) is 0 Å². The second-order valence-corrected chi connectivity index (χ2v) is 8.89. The Hall–Kier alpha value is -2.57. The number of aromatic nitrogens is 2. The molecule has 0 saturated carbocycles. The third-order valence-corrected chi connectivity index (χ3v) is 6.44. The first-order valence-electron chi connectivity index (χ1n) is 9.39. The van der Waals surface area contributed by atoms with Crippen LogP contribution >= 0.6 is 23.4 Å². The van der Waals surface area contributed by atoms with Gasteiger partial charge in [-0.05, 0) is 37.6 Å². The smallest absolute Gasteiger partial charge is 0.282 e. The minimum atomic E-state index is -0.391. The molecule has 2 aromatic carbocycles. The molecule has 7 heteroatoms. The number of rotatable bonds is 2. The van der Waals surface area contributed by atoms with Crippen LogP contribution < -0.4 is 10.3 Å². The van der Waals surface area contributed by atoms with Crippen molar-refractivity contribution in [2.75, 3.05) is 11.4 Å². The number of para-hydroxylation sites is 2. The third-order valence-electron chi connectivity index (χ3n) is 4.88. The van der Waals surface area contributed by atoms with Gasteiger partial charge in [-0.1, -0.05) is 42.8 Å². The highest BCUT2D eigenvalue weighted by molar-refractivity contribution is 8.00. The molecule has 5 nitrogen and oxygen atoms in total. The number of aryl methyl sites for hydroxylation is 1. The van der Waals surface area contributed by atoms with Gasteiger partial charge in [0.15, 0.2) is 5.69 Å². The molecule has 29 heavy (non-hydrogen) atoms. The highest BCUT2D eigenvalue weighted by atomic mass is 35.5. The first-order valence-corrected chi connectivity index (χ1v) is 10.6. The standard InChI is InChI=1S/C22H20ClN3O2S/c1-14-13-19(27)21(24-26(14)17-8-4-3-7-16(17)23)22(28)25-12-11-15(2)29-20-10-6-5-9-18(20)25/h3-10,13,15H,11-12H2,1-2H3. The van der Waals surface area contributed by atoms with Gasteiger partial charge in [-0.2, -0.15) is 5.10 Å². The molecule has 0 aliphatic carbocycles. The zero-order valence-corrected chi connectivity index (χ0v) is 17.7. The van der Waals surface area contributed by atoms with E-state index >= 15 is 0 Å². The van der Waals surface area contributed by atoms with E-state index in [4.69, 9.17) is 11.6 Å². The number of carbonyl (C=O) groups excluding carboxylic acids is 1. The lowest BCUT2D eigenvalue weighted by Gasteiger charge is -2.22. The Morgan fingerprint density at radius 2 is 1.83 bits per heavy atom. The number of hydrogen-bond donors (Lipinski definition) is 0. The summed E-state index contributed by atoms with van der Waals surface area (Å²) < 4.78 is 1.55. The summed E-state index contributed by atoms with van der Waals surface area (Å²) in [6.45, 7) is 4.45. The first kappa shape index (κ1) is 19.7. The maximum absolute atomic E-state index is 13.4. The topological polar surface area (TPSA) is 55.2 Å². The molecule has 4 rings (SSSR count). The van der Waals surface area contributed by atoms with Gasteiger partial charge in [-0.3, -0.25) is 9.59 Å². The summed E-state index contributed by atoms with van der Waals surface area (Å²) in [6.07, 6.45) is 0.829. The summed E-state index contributed by atoms with van der Waals surface area (Å²) >= 11 is 8.06.